The SMILES string of the molecule is COC(=O)N[C@H](C(=O)N1CCC[C@H]1c1ncc(-c2ccc3c(c2)OC(c2ccc4c(c2)CCCO4)n2c-3cc3cc(-c4cnc([C@@H]5C[C@H]6C[C@H]6N5C(=O)[C@@H](NC(=O)OC)C(C)C)[nH]4)ccc32)[nH]1)C(C)C. The first kappa shape index (κ1) is 45.2. The molecule has 2 saturated heterocycles. The van der Waals surface area contributed by atoms with Crippen molar-refractivity contribution >= 4 is 34.9 Å². The van der Waals surface area contributed by atoms with E-state index in [1.54, 1.807) is 0 Å². The zero-order valence-electron chi connectivity index (χ0n) is 40.3. The van der Waals surface area contributed by atoms with Crippen molar-refractivity contribution in [1.82, 2.24) is 44.9 Å². The number of carbonyl (C=O) groups is 4. The number of aromatic amines is 2. The van der Waals surface area contributed by atoms with Crippen LogP contribution in [-0.2, 0) is 25.5 Å². The molecule has 70 heavy (non-hydrogen) atoms. The van der Waals surface area contributed by atoms with Crippen LogP contribution in [0.4, 0.5) is 9.59 Å². The molecule has 364 valence electrons. The Bertz CT molecular complexity index is 3030. The number of hydrogen-bond donors (Lipinski definition) is 4. The average Bonchev–Trinajstić information content (AvgIpc) is 4.04. The number of ether oxygens (including phenoxy) is 4. The summed E-state index contributed by atoms with van der Waals surface area (Å²) in [5, 5.41) is 6.52. The molecule has 17 heteroatoms. The van der Waals surface area contributed by atoms with Crippen LogP contribution in [0, 0.1) is 17.8 Å². The number of H-pyrrole nitrogens is 2. The second-order valence-corrected chi connectivity index (χ2v) is 20.0. The number of aromatic nitrogens is 5. The van der Waals surface area contributed by atoms with E-state index in [9.17, 15) is 19.2 Å². The molecule has 4 aliphatic heterocycles. The quantitative estimate of drug-likeness (QED) is 0.0978. The molecular weight excluding hydrogens is 891 g/mol. The van der Waals surface area contributed by atoms with Gasteiger partial charge in [0.2, 0.25) is 18.0 Å². The van der Waals surface area contributed by atoms with Gasteiger partial charge in [-0.05, 0) is 110 Å². The fourth-order valence-electron chi connectivity index (χ4n) is 11.2. The number of hydrogen-bond acceptors (Lipinski definition) is 10. The second-order valence-electron chi connectivity index (χ2n) is 20.0. The zero-order chi connectivity index (χ0) is 48.5. The maximum absolute atomic E-state index is 14.1. The highest BCUT2D eigenvalue weighted by atomic mass is 16.5. The van der Waals surface area contributed by atoms with Crippen molar-refractivity contribution in [1.29, 1.82) is 0 Å². The van der Waals surface area contributed by atoms with Gasteiger partial charge in [0, 0.05) is 40.2 Å². The smallest absolute Gasteiger partial charge is 0.407 e. The molecule has 7 heterocycles. The summed E-state index contributed by atoms with van der Waals surface area (Å²) in [5.74, 6) is 2.92. The third kappa shape index (κ3) is 7.98. The minimum atomic E-state index is -0.726. The Morgan fingerprint density at radius 1 is 0.757 bits per heavy atom. The predicted molar refractivity (Wildman–Crippen MR) is 260 cm³/mol. The molecule has 1 aliphatic carbocycles. The molecule has 1 unspecified atom stereocenters. The zero-order valence-corrected chi connectivity index (χ0v) is 40.3. The average molecular weight is 950 g/mol. The number of methoxy groups -OCH3 is 2. The van der Waals surface area contributed by atoms with E-state index in [1.165, 1.54) is 14.2 Å². The van der Waals surface area contributed by atoms with Crippen LogP contribution in [0.25, 0.3) is 44.7 Å². The van der Waals surface area contributed by atoms with Gasteiger partial charge in [0.05, 0.1) is 67.9 Å². The van der Waals surface area contributed by atoms with Crippen LogP contribution in [0.1, 0.15) is 101 Å². The maximum Gasteiger partial charge on any atom is 0.407 e. The fourth-order valence-corrected chi connectivity index (χ4v) is 11.2. The lowest BCUT2D eigenvalue weighted by molar-refractivity contribution is -0.137. The fraction of sp³-hybridized carbons (Fsp3) is 0.434. The molecule has 3 aromatic heterocycles. The first-order valence-corrected chi connectivity index (χ1v) is 24.5. The highest BCUT2D eigenvalue weighted by molar-refractivity contribution is 5.93. The van der Waals surface area contributed by atoms with Gasteiger partial charge >= 0.3 is 12.2 Å². The number of aryl methyl sites for hydroxylation is 1. The van der Waals surface area contributed by atoms with E-state index in [4.69, 9.17) is 28.9 Å². The Labute approximate surface area is 405 Å². The number of alkyl carbamates (subject to hydrolysis) is 2. The van der Waals surface area contributed by atoms with E-state index in [0.717, 1.165) is 112 Å². The van der Waals surface area contributed by atoms with Crippen LogP contribution in [0.15, 0.2) is 73.1 Å². The monoisotopic (exact) mass is 949 g/mol. The number of imidazole rings is 2. The minimum Gasteiger partial charge on any atom is -0.493 e. The molecule has 0 spiro atoms. The summed E-state index contributed by atoms with van der Waals surface area (Å²) in [6.45, 7) is 8.92. The van der Waals surface area contributed by atoms with Crippen LogP contribution in [0.2, 0.25) is 0 Å². The molecule has 3 aromatic carbocycles. The van der Waals surface area contributed by atoms with E-state index < -0.39 is 30.5 Å². The van der Waals surface area contributed by atoms with Crippen LogP contribution in [0.3, 0.4) is 0 Å². The first-order valence-electron chi connectivity index (χ1n) is 24.5. The number of nitrogens with one attached hydrogen (secondary N) is 4. The highest BCUT2D eigenvalue weighted by Gasteiger charge is 2.56. The van der Waals surface area contributed by atoms with Crippen molar-refractivity contribution in [3.8, 4) is 45.3 Å². The Morgan fingerprint density at radius 2 is 1.44 bits per heavy atom. The minimum absolute atomic E-state index is 0.115. The third-order valence-corrected chi connectivity index (χ3v) is 14.9. The van der Waals surface area contributed by atoms with Gasteiger partial charge in [-0.25, -0.2) is 19.6 Å². The van der Waals surface area contributed by atoms with Gasteiger partial charge < -0.3 is 53.9 Å². The van der Waals surface area contributed by atoms with E-state index in [2.05, 4.69) is 85.8 Å². The largest absolute Gasteiger partial charge is 0.493 e. The number of carbonyl (C=O) groups excluding carboxylic acids is 4. The Hall–Kier alpha value is -7.30. The number of piperidine rings is 1. The number of rotatable bonds is 11. The second kappa shape index (κ2) is 17.9. The first-order chi connectivity index (χ1) is 33.9. The van der Waals surface area contributed by atoms with Gasteiger partial charge in [-0.15, -0.1) is 0 Å². The Balaban J connectivity index is 0.909. The lowest BCUT2D eigenvalue weighted by Gasteiger charge is -2.31. The number of amides is 4. The van der Waals surface area contributed by atoms with Crippen LogP contribution in [-0.4, -0.2) is 104 Å². The third-order valence-electron chi connectivity index (χ3n) is 14.9. The van der Waals surface area contributed by atoms with E-state index in [0.29, 0.717) is 24.9 Å². The predicted octanol–water partition coefficient (Wildman–Crippen LogP) is 8.44. The summed E-state index contributed by atoms with van der Waals surface area (Å²) < 4.78 is 25.1. The number of likely N-dealkylation sites (tertiary alicyclic amines) is 2. The lowest BCUT2D eigenvalue weighted by atomic mass is 10.0. The molecule has 7 atom stereocenters. The number of fused-ring (bicyclic) bond motifs is 7. The molecule has 0 radical (unpaired) electrons. The molecular formula is C53H59N9O8. The summed E-state index contributed by atoms with van der Waals surface area (Å²) in [4.78, 5) is 72.9. The summed E-state index contributed by atoms with van der Waals surface area (Å²) in [5.41, 5.74) is 8.61. The van der Waals surface area contributed by atoms with E-state index >= 15 is 0 Å². The molecule has 6 aromatic rings. The Kier molecular flexibility index (Phi) is 11.5. The van der Waals surface area contributed by atoms with Crippen LogP contribution < -0.4 is 20.1 Å². The van der Waals surface area contributed by atoms with Gasteiger partial charge in [-0.3, -0.25) is 9.59 Å². The van der Waals surface area contributed by atoms with Gasteiger partial charge in [0.15, 0.2) is 0 Å². The van der Waals surface area contributed by atoms with Gasteiger partial charge in [-0.1, -0.05) is 39.8 Å². The number of benzene rings is 3. The molecule has 5 aliphatic rings. The van der Waals surface area contributed by atoms with Crippen molar-refractivity contribution in [3.63, 3.8) is 0 Å². The van der Waals surface area contributed by atoms with E-state index in [1.807, 2.05) is 49.9 Å². The van der Waals surface area contributed by atoms with Gasteiger partial charge in [0.1, 0.15) is 35.2 Å². The number of nitrogens with zero attached hydrogens (tertiary/aromatic N) is 5. The van der Waals surface area contributed by atoms with Crippen molar-refractivity contribution in [2.45, 2.75) is 103 Å². The molecule has 4 amide bonds. The van der Waals surface area contributed by atoms with Crippen molar-refractivity contribution < 1.29 is 38.1 Å². The standard InChI is InChI=1S/C53H59N9O8/c1-27(2)45(58-52(65)67-5)49(63)60-17-7-10-39(60)47-54-26-37(56-47)30-11-14-35-41-22-33-19-29(12-15-38(33)62(41)51(70-44(35)24-30)32-13-16-43-31(20-32)9-8-18-69-43)36-25-55-48(57-36)42-23-34-21-40(34)61(42)50(64)46(28(3)4)59-53(66)68-6/h11-16,19-20,22,24-28,34,39-40,42,45-46,51H,7-10,17-18,21,23H2,1-6H3,(H,54,56)(H,55,57)(H,58,65)(H,59,66)/t34-,39+,40-,42+,45+,46+,51?/m1/s1. The normalized spacial score (nSPS) is 21.8. The van der Waals surface area contributed by atoms with E-state index in [-0.39, 0.29) is 41.8 Å². The van der Waals surface area contributed by atoms with Gasteiger partial charge in [-0.2, -0.15) is 0 Å². The highest BCUT2D eigenvalue weighted by Crippen LogP contribution is 2.54. The molecule has 4 N–H and O–H groups in total. The van der Waals surface area contributed by atoms with Gasteiger partial charge in [0.25, 0.3) is 0 Å². The molecule has 11 rings (SSSR count). The molecule has 17 nitrogen and oxygen atoms in total. The van der Waals surface area contributed by atoms with Crippen LogP contribution >= 0.6 is 0 Å². The Morgan fingerprint density at radius 3 is 2.16 bits per heavy atom. The molecule has 0 bridgehead atoms. The summed E-state index contributed by atoms with van der Waals surface area (Å²) in [6.07, 6.45) is 7.11. The van der Waals surface area contributed by atoms with Crippen molar-refractivity contribution in [2.24, 2.45) is 17.8 Å². The summed E-state index contributed by atoms with van der Waals surface area (Å²) in [7, 11) is 2.60. The molecule has 1 saturated carbocycles. The molecule has 3 fully saturated rings. The summed E-state index contributed by atoms with van der Waals surface area (Å²) >= 11 is 0. The van der Waals surface area contributed by atoms with Crippen molar-refractivity contribution in [3.05, 3.63) is 95.8 Å². The topological polar surface area (TPSA) is 198 Å². The van der Waals surface area contributed by atoms with Crippen LogP contribution in [0.5, 0.6) is 11.5 Å². The maximum atomic E-state index is 14.1. The lowest BCUT2D eigenvalue weighted by Crippen LogP contribution is -2.52. The summed E-state index contributed by atoms with van der Waals surface area (Å²) in [6, 6.07) is 19.4. The van der Waals surface area contributed by atoms with Crippen molar-refractivity contribution in [2.75, 3.05) is 27.4 Å².